The topological polar surface area (TPSA) is 62.3 Å². The molecule has 1 fully saturated rings. The highest BCUT2D eigenvalue weighted by molar-refractivity contribution is 8.26. The molecule has 0 unspecified atom stereocenters. The zero-order valence-corrected chi connectivity index (χ0v) is 23.3. The van der Waals surface area contributed by atoms with Crippen molar-refractivity contribution in [3.8, 4) is 0 Å². The number of thiazole rings is 1. The Morgan fingerprint density at radius 1 is 1.15 bits per heavy atom. The highest BCUT2D eigenvalue weighted by Crippen LogP contribution is 2.33. The summed E-state index contributed by atoms with van der Waals surface area (Å²) < 4.78 is 39.3. The van der Waals surface area contributed by atoms with Crippen LogP contribution < -0.4 is 5.32 Å². The molecule has 0 bridgehead atoms. The molecule has 11 heteroatoms. The largest absolute Gasteiger partial charge is 0.416 e. The number of hydrogen-bond acceptors (Lipinski definition) is 6. The highest BCUT2D eigenvalue weighted by Gasteiger charge is 2.32. The number of aromatic nitrogens is 1. The predicted octanol–water partition coefficient (Wildman–Crippen LogP) is 7.32. The first-order chi connectivity index (χ1) is 18.6. The number of anilines is 1. The average molecular weight is 588 g/mol. The second-order valence-corrected chi connectivity index (χ2v) is 11.6. The standard InChI is InChI=1S/C28H24F3N3O2S3/c1-18(13-19-7-3-2-4-8-19)14-23-25(36)34(27(37)39-23)12-6-11-24(35)33-26-32-17-22(38-26)16-20-9-5-10-21(15-20)28(29,30)31/h2-5,7-10,13-15,17H,6,11-12,16H2,1H3,(H,32,33,35)/b18-13+,23-14-. The van der Waals surface area contributed by atoms with Gasteiger partial charge in [0.2, 0.25) is 5.91 Å². The van der Waals surface area contributed by atoms with Crippen LogP contribution in [0.4, 0.5) is 18.3 Å². The van der Waals surface area contributed by atoms with Crippen LogP contribution in [0.15, 0.2) is 77.3 Å². The minimum absolute atomic E-state index is 0.158. The Hall–Kier alpha value is -3.28. The lowest BCUT2D eigenvalue weighted by molar-refractivity contribution is -0.137. The van der Waals surface area contributed by atoms with Crippen LogP contribution in [0.1, 0.15) is 41.3 Å². The number of alkyl halides is 3. The number of carbonyl (C=O) groups is 2. The molecule has 1 N–H and O–H groups in total. The van der Waals surface area contributed by atoms with E-state index in [1.54, 1.807) is 12.3 Å². The third-order valence-electron chi connectivity index (χ3n) is 5.64. The number of carbonyl (C=O) groups excluding carboxylic acids is 2. The van der Waals surface area contributed by atoms with Crippen LogP contribution >= 0.6 is 35.3 Å². The van der Waals surface area contributed by atoms with E-state index < -0.39 is 11.7 Å². The van der Waals surface area contributed by atoms with E-state index in [1.165, 1.54) is 34.1 Å². The number of thiocarbonyl (C=S) groups is 1. The lowest BCUT2D eigenvalue weighted by atomic mass is 10.1. The van der Waals surface area contributed by atoms with Crippen LogP contribution in [0.3, 0.4) is 0 Å². The Labute approximate surface area is 237 Å². The number of halogens is 3. The summed E-state index contributed by atoms with van der Waals surface area (Å²) in [5.41, 5.74) is 1.77. The summed E-state index contributed by atoms with van der Waals surface area (Å²) >= 11 is 7.84. The fourth-order valence-electron chi connectivity index (χ4n) is 3.84. The first-order valence-electron chi connectivity index (χ1n) is 12.0. The first kappa shape index (κ1) is 28.7. The monoisotopic (exact) mass is 587 g/mol. The molecule has 1 aromatic heterocycles. The minimum Gasteiger partial charge on any atom is -0.302 e. The zero-order chi connectivity index (χ0) is 28.0. The van der Waals surface area contributed by atoms with Gasteiger partial charge in [-0.3, -0.25) is 14.5 Å². The van der Waals surface area contributed by atoms with Crippen LogP contribution in [0, 0.1) is 0 Å². The molecule has 1 aliphatic heterocycles. The van der Waals surface area contributed by atoms with Gasteiger partial charge in [0.25, 0.3) is 5.91 Å². The SMILES string of the molecule is CC(/C=C1\SC(=S)N(CCCC(=O)Nc2ncc(Cc3cccc(C(F)(F)F)c3)s2)C1=O)=C\c1ccccc1. The van der Waals surface area contributed by atoms with Crippen molar-refractivity contribution in [3.63, 3.8) is 0 Å². The Kier molecular flexibility index (Phi) is 9.36. The molecule has 1 saturated heterocycles. The van der Waals surface area contributed by atoms with Gasteiger partial charge in [-0.15, -0.1) is 11.3 Å². The molecule has 39 heavy (non-hydrogen) atoms. The molecule has 0 radical (unpaired) electrons. The summed E-state index contributed by atoms with van der Waals surface area (Å²) in [7, 11) is 0. The lowest BCUT2D eigenvalue weighted by Crippen LogP contribution is -2.29. The molecule has 0 saturated carbocycles. The van der Waals surface area contributed by atoms with Gasteiger partial charge < -0.3 is 5.32 Å². The van der Waals surface area contributed by atoms with Gasteiger partial charge in [0.15, 0.2) is 5.13 Å². The van der Waals surface area contributed by atoms with Crippen molar-refractivity contribution in [2.75, 3.05) is 11.9 Å². The van der Waals surface area contributed by atoms with E-state index in [0.717, 1.165) is 28.1 Å². The van der Waals surface area contributed by atoms with Crippen molar-refractivity contribution in [1.29, 1.82) is 0 Å². The number of allylic oxidation sites excluding steroid dienone is 2. The number of hydrogen-bond donors (Lipinski definition) is 1. The van der Waals surface area contributed by atoms with Crippen molar-refractivity contribution in [2.24, 2.45) is 0 Å². The molecule has 1 aliphatic rings. The van der Waals surface area contributed by atoms with Gasteiger partial charge in [-0.05, 0) is 42.2 Å². The molecule has 0 spiro atoms. The Balaban J connectivity index is 1.26. The Bertz CT molecular complexity index is 1430. The van der Waals surface area contributed by atoms with Gasteiger partial charge in [0.05, 0.1) is 10.5 Å². The normalized spacial score (nSPS) is 15.3. The van der Waals surface area contributed by atoms with Crippen molar-refractivity contribution >= 4 is 62.7 Å². The van der Waals surface area contributed by atoms with Gasteiger partial charge in [-0.1, -0.05) is 78.6 Å². The smallest absolute Gasteiger partial charge is 0.302 e. The highest BCUT2D eigenvalue weighted by atomic mass is 32.2. The third kappa shape index (κ3) is 8.11. The van der Waals surface area contributed by atoms with E-state index in [2.05, 4.69) is 10.3 Å². The van der Waals surface area contributed by atoms with E-state index in [4.69, 9.17) is 12.2 Å². The van der Waals surface area contributed by atoms with Crippen LogP contribution in [-0.2, 0) is 22.2 Å². The van der Waals surface area contributed by atoms with Crippen molar-refractivity contribution in [1.82, 2.24) is 9.88 Å². The van der Waals surface area contributed by atoms with E-state index in [0.29, 0.717) is 32.9 Å². The Morgan fingerprint density at radius 2 is 1.92 bits per heavy atom. The first-order valence-corrected chi connectivity index (χ1v) is 14.0. The predicted molar refractivity (Wildman–Crippen MR) is 154 cm³/mol. The molecule has 4 rings (SSSR count). The summed E-state index contributed by atoms with van der Waals surface area (Å²) in [6.45, 7) is 2.24. The molecule has 0 aliphatic carbocycles. The Morgan fingerprint density at radius 3 is 2.67 bits per heavy atom. The summed E-state index contributed by atoms with van der Waals surface area (Å²) in [6, 6.07) is 14.9. The van der Waals surface area contributed by atoms with Gasteiger partial charge in [0.1, 0.15) is 4.32 Å². The second-order valence-electron chi connectivity index (χ2n) is 8.79. The van der Waals surface area contributed by atoms with Crippen LogP contribution in [0.25, 0.3) is 6.08 Å². The van der Waals surface area contributed by atoms with Gasteiger partial charge in [-0.25, -0.2) is 4.98 Å². The molecule has 202 valence electrons. The maximum Gasteiger partial charge on any atom is 0.416 e. The summed E-state index contributed by atoms with van der Waals surface area (Å²) in [6.07, 6.45) is 1.79. The minimum atomic E-state index is -4.40. The number of rotatable bonds is 9. The van der Waals surface area contributed by atoms with Gasteiger partial charge in [-0.2, -0.15) is 13.2 Å². The van der Waals surface area contributed by atoms with Gasteiger partial charge in [0, 0.05) is 30.5 Å². The lowest BCUT2D eigenvalue weighted by Gasteiger charge is -2.13. The summed E-state index contributed by atoms with van der Waals surface area (Å²) in [5.74, 6) is -0.442. The molecule has 0 atom stereocenters. The third-order valence-corrected chi connectivity index (χ3v) is 7.93. The van der Waals surface area contributed by atoms with E-state index >= 15 is 0 Å². The average Bonchev–Trinajstić information content (AvgIpc) is 3.42. The summed E-state index contributed by atoms with van der Waals surface area (Å²) in [4.78, 5) is 32.2. The second kappa shape index (κ2) is 12.7. The number of thioether (sulfide) groups is 1. The molecule has 2 aromatic carbocycles. The zero-order valence-electron chi connectivity index (χ0n) is 20.8. The van der Waals surface area contributed by atoms with E-state index in [1.807, 2.05) is 49.4 Å². The quantitative estimate of drug-likeness (QED) is 0.210. The molecule has 5 nitrogen and oxygen atoms in total. The molecule has 3 aromatic rings. The van der Waals surface area contributed by atoms with Crippen molar-refractivity contribution in [2.45, 2.75) is 32.4 Å². The fraction of sp³-hybridized carbons (Fsp3) is 0.214. The summed E-state index contributed by atoms with van der Waals surface area (Å²) in [5, 5.41) is 3.09. The van der Waals surface area contributed by atoms with Crippen LogP contribution in [0.5, 0.6) is 0 Å². The van der Waals surface area contributed by atoms with Crippen LogP contribution in [-0.4, -0.2) is 32.6 Å². The molecule has 2 heterocycles. The van der Waals surface area contributed by atoms with E-state index in [-0.39, 0.29) is 24.7 Å². The number of benzene rings is 2. The number of nitrogens with one attached hydrogen (secondary N) is 1. The van der Waals surface area contributed by atoms with Gasteiger partial charge >= 0.3 is 6.18 Å². The van der Waals surface area contributed by atoms with Crippen molar-refractivity contribution < 1.29 is 22.8 Å². The molecular weight excluding hydrogens is 564 g/mol. The van der Waals surface area contributed by atoms with E-state index in [9.17, 15) is 22.8 Å². The maximum atomic E-state index is 12.9. The molecule has 2 amide bonds. The van der Waals surface area contributed by atoms with Crippen LogP contribution in [0.2, 0.25) is 0 Å². The van der Waals surface area contributed by atoms with Crippen molar-refractivity contribution in [3.05, 3.63) is 98.9 Å². The maximum absolute atomic E-state index is 12.9. The fourth-order valence-corrected chi connectivity index (χ4v) is 6.06. The molecular formula is C28H24F3N3O2S3. The number of amides is 2. The number of nitrogens with zero attached hydrogens (tertiary/aromatic N) is 2.